The lowest BCUT2D eigenvalue weighted by Gasteiger charge is -2.08. The van der Waals surface area contributed by atoms with E-state index < -0.39 is 0 Å². The number of nitrogens with zero attached hydrogens (tertiary/aromatic N) is 1. The molecule has 1 aromatic heterocycles. The Hall–Kier alpha value is -0.990. The number of halogens is 1. The summed E-state index contributed by atoms with van der Waals surface area (Å²) in [5.41, 5.74) is 9.55. The molecule has 0 aliphatic carbocycles. The van der Waals surface area contributed by atoms with Crippen molar-refractivity contribution < 1.29 is 0 Å². The van der Waals surface area contributed by atoms with Crippen LogP contribution in [0.3, 0.4) is 0 Å². The molecule has 0 bridgehead atoms. The maximum atomic E-state index is 5.99. The Kier molecular flexibility index (Phi) is 2.49. The average Bonchev–Trinajstić information content (AvgIpc) is 2.39. The Morgan fingerprint density at radius 3 is 2.67 bits per heavy atom. The van der Waals surface area contributed by atoms with Crippen molar-refractivity contribution in [3.63, 3.8) is 0 Å². The molecule has 0 spiro atoms. The van der Waals surface area contributed by atoms with Gasteiger partial charge in [0.05, 0.1) is 0 Å². The molecule has 0 radical (unpaired) electrons. The van der Waals surface area contributed by atoms with E-state index >= 15 is 0 Å². The third-order valence-electron chi connectivity index (χ3n) is 2.90. The summed E-state index contributed by atoms with van der Waals surface area (Å²) in [4.78, 5) is 0. The molecule has 1 aromatic carbocycles. The molecule has 2 aromatic rings. The van der Waals surface area contributed by atoms with Crippen LogP contribution in [0.4, 0.5) is 0 Å². The number of nitrogens with two attached hydrogens (primary N) is 1. The van der Waals surface area contributed by atoms with Crippen LogP contribution in [0.25, 0.3) is 10.9 Å². The molecule has 2 nitrogen and oxygen atoms in total. The fraction of sp³-hybridized carbons (Fsp3) is 0.333. The van der Waals surface area contributed by atoms with E-state index in [2.05, 4.69) is 11.5 Å². The minimum Gasteiger partial charge on any atom is -0.346 e. The Morgan fingerprint density at radius 2 is 2.07 bits per heavy atom. The number of hydrogen-bond acceptors (Lipinski definition) is 1. The fourth-order valence-corrected chi connectivity index (χ4v) is 2.44. The zero-order valence-corrected chi connectivity index (χ0v) is 9.97. The van der Waals surface area contributed by atoms with E-state index in [1.807, 2.05) is 32.2 Å². The van der Waals surface area contributed by atoms with Crippen molar-refractivity contribution in [1.29, 1.82) is 0 Å². The SMILES string of the molecule is Cc1c(C(C)N)n(C)c2ccc(Cl)cc12. The summed E-state index contributed by atoms with van der Waals surface area (Å²) in [6.07, 6.45) is 0. The van der Waals surface area contributed by atoms with Crippen molar-refractivity contribution in [1.82, 2.24) is 4.57 Å². The van der Waals surface area contributed by atoms with Gasteiger partial charge in [0.1, 0.15) is 0 Å². The molecular weight excluding hydrogens is 208 g/mol. The lowest BCUT2D eigenvalue weighted by atomic mass is 10.1. The molecule has 0 aliphatic heterocycles. The molecule has 0 saturated heterocycles. The average molecular weight is 223 g/mol. The topological polar surface area (TPSA) is 30.9 Å². The summed E-state index contributed by atoms with van der Waals surface area (Å²) in [5.74, 6) is 0. The van der Waals surface area contributed by atoms with Crippen LogP contribution in [-0.2, 0) is 7.05 Å². The van der Waals surface area contributed by atoms with Gasteiger partial charge in [-0.2, -0.15) is 0 Å². The summed E-state index contributed by atoms with van der Waals surface area (Å²) < 4.78 is 2.14. The summed E-state index contributed by atoms with van der Waals surface area (Å²) in [7, 11) is 2.04. The Morgan fingerprint density at radius 1 is 1.40 bits per heavy atom. The zero-order chi connectivity index (χ0) is 11.2. The van der Waals surface area contributed by atoms with Gasteiger partial charge in [0, 0.05) is 34.7 Å². The van der Waals surface area contributed by atoms with Crippen LogP contribution in [0.5, 0.6) is 0 Å². The highest BCUT2D eigenvalue weighted by Crippen LogP contribution is 2.29. The van der Waals surface area contributed by atoms with Gasteiger partial charge in [-0.1, -0.05) is 11.6 Å². The Balaban J connectivity index is 2.85. The van der Waals surface area contributed by atoms with Crippen LogP contribution in [0, 0.1) is 6.92 Å². The number of aromatic nitrogens is 1. The van der Waals surface area contributed by atoms with Gasteiger partial charge in [0.2, 0.25) is 0 Å². The standard InChI is InChI=1S/C12H15ClN2/c1-7-10-6-9(13)4-5-11(10)15(3)12(7)8(2)14/h4-6,8H,14H2,1-3H3. The molecular formula is C12H15ClN2. The molecule has 15 heavy (non-hydrogen) atoms. The normalized spacial score (nSPS) is 13.4. The van der Waals surface area contributed by atoms with E-state index in [0.29, 0.717) is 0 Å². The number of hydrogen-bond donors (Lipinski definition) is 1. The minimum atomic E-state index is 0.0428. The molecule has 0 amide bonds. The highest BCUT2D eigenvalue weighted by molar-refractivity contribution is 6.31. The van der Waals surface area contributed by atoms with Crippen molar-refractivity contribution >= 4 is 22.5 Å². The minimum absolute atomic E-state index is 0.0428. The number of benzene rings is 1. The first-order valence-corrected chi connectivity index (χ1v) is 5.40. The summed E-state index contributed by atoms with van der Waals surface area (Å²) in [6.45, 7) is 4.10. The van der Waals surface area contributed by atoms with Crippen molar-refractivity contribution in [3.8, 4) is 0 Å². The van der Waals surface area contributed by atoms with Gasteiger partial charge in [-0.25, -0.2) is 0 Å². The maximum absolute atomic E-state index is 5.99. The Bertz CT molecular complexity index is 512. The highest BCUT2D eigenvalue weighted by Gasteiger charge is 2.14. The van der Waals surface area contributed by atoms with Gasteiger partial charge in [0.15, 0.2) is 0 Å². The first-order valence-electron chi connectivity index (χ1n) is 5.02. The van der Waals surface area contributed by atoms with Crippen LogP contribution in [0.15, 0.2) is 18.2 Å². The molecule has 2 N–H and O–H groups in total. The van der Waals surface area contributed by atoms with Crippen LogP contribution in [-0.4, -0.2) is 4.57 Å². The van der Waals surface area contributed by atoms with Gasteiger partial charge in [-0.05, 0) is 37.6 Å². The van der Waals surface area contributed by atoms with E-state index in [0.717, 1.165) is 5.02 Å². The second-order valence-corrected chi connectivity index (χ2v) is 4.46. The van der Waals surface area contributed by atoms with E-state index in [4.69, 9.17) is 17.3 Å². The summed E-state index contributed by atoms with van der Waals surface area (Å²) in [6, 6.07) is 5.99. The molecule has 0 saturated carbocycles. The number of fused-ring (bicyclic) bond motifs is 1. The smallest absolute Gasteiger partial charge is 0.0484 e. The molecule has 1 heterocycles. The summed E-state index contributed by atoms with van der Waals surface area (Å²) in [5, 5.41) is 1.96. The van der Waals surface area contributed by atoms with Crippen molar-refractivity contribution in [3.05, 3.63) is 34.5 Å². The second kappa shape index (κ2) is 3.54. The van der Waals surface area contributed by atoms with E-state index in [1.165, 1.54) is 22.2 Å². The predicted octanol–water partition coefficient (Wildman–Crippen LogP) is 3.16. The summed E-state index contributed by atoms with van der Waals surface area (Å²) >= 11 is 5.99. The van der Waals surface area contributed by atoms with E-state index in [-0.39, 0.29) is 6.04 Å². The van der Waals surface area contributed by atoms with Gasteiger partial charge < -0.3 is 10.3 Å². The van der Waals surface area contributed by atoms with Crippen LogP contribution in [0.1, 0.15) is 24.2 Å². The Labute approximate surface area is 94.6 Å². The zero-order valence-electron chi connectivity index (χ0n) is 9.21. The molecule has 1 unspecified atom stereocenters. The number of rotatable bonds is 1. The van der Waals surface area contributed by atoms with Crippen molar-refractivity contribution in [2.24, 2.45) is 12.8 Å². The monoisotopic (exact) mass is 222 g/mol. The molecule has 3 heteroatoms. The third kappa shape index (κ3) is 1.54. The highest BCUT2D eigenvalue weighted by atomic mass is 35.5. The number of aryl methyl sites for hydroxylation is 2. The molecule has 0 fully saturated rings. The van der Waals surface area contributed by atoms with Crippen LogP contribution in [0.2, 0.25) is 5.02 Å². The molecule has 2 rings (SSSR count). The van der Waals surface area contributed by atoms with Gasteiger partial charge >= 0.3 is 0 Å². The fourth-order valence-electron chi connectivity index (χ4n) is 2.27. The molecule has 0 aliphatic rings. The van der Waals surface area contributed by atoms with E-state index in [9.17, 15) is 0 Å². The second-order valence-electron chi connectivity index (χ2n) is 4.02. The lowest BCUT2D eigenvalue weighted by Crippen LogP contribution is -2.11. The maximum Gasteiger partial charge on any atom is 0.0484 e. The lowest BCUT2D eigenvalue weighted by molar-refractivity contribution is 0.720. The third-order valence-corrected chi connectivity index (χ3v) is 3.14. The van der Waals surface area contributed by atoms with Gasteiger partial charge in [0.25, 0.3) is 0 Å². The van der Waals surface area contributed by atoms with Gasteiger partial charge in [-0.3, -0.25) is 0 Å². The largest absolute Gasteiger partial charge is 0.346 e. The first-order chi connectivity index (χ1) is 7.02. The molecule has 1 atom stereocenters. The van der Waals surface area contributed by atoms with Crippen LogP contribution < -0.4 is 5.73 Å². The predicted molar refractivity (Wildman–Crippen MR) is 65.3 cm³/mol. The van der Waals surface area contributed by atoms with E-state index in [1.54, 1.807) is 0 Å². The van der Waals surface area contributed by atoms with Crippen molar-refractivity contribution in [2.75, 3.05) is 0 Å². The van der Waals surface area contributed by atoms with Crippen molar-refractivity contribution in [2.45, 2.75) is 19.9 Å². The quantitative estimate of drug-likeness (QED) is 0.790. The first kappa shape index (κ1) is 10.5. The molecule has 80 valence electrons. The van der Waals surface area contributed by atoms with Crippen LogP contribution >= 0.6 is 11.6 Å². The van der Waals surface area contributed by atoms with Gasteiger partial charge in [-0.15, -0.1) is 0 Å².